The molecule has 0 saturated carbocycles. The van der Waals surface area contributed by atoms with E-state index < -0.39 is 34.6 Å². The molecule has 0 fully saturated rings. The first kappa shape index (κ1) is 24.2. The smallest absolute Gasteiger partial charge is 0.350 e. The molecular weight excluding hydrogens is 461 g/mol. The Morgan fingerprint density at radius 1 is 1.12 bits per heavy atom. The van der Waals surface area contributed by atoms with Crippen LogP contribution >= 0.6 is 11.6 Å². The molecule has 1 aromatic heterocycles. The fourth-order valence-electron chi connectivity index (χ4n) is 2.95. The summed E-state index contributed by atoms with van der Waals surface area (Å²) in [6.45, 7) is 3.75. The predicted molar refractivity (Wildman–Crippen MR) is 117 cm³/mol. The van der Waals surface area contributed by atoms with E-state index >= 15 is 0 Å². The highest BCUT2D eigenvalue weighted by Gasteiger charge is 2.30. The number of rotatable bonds is 6. The summed E-state index contributed by atoms with van der Waals surface area (Å²) in [5.74, 6) is -0.711. The Morgan fingerprint density at radius 3 is 2.36 bits per heavy atom. The van der Waals surface area contributed by atoms with Gasteiger partial charge in [-0.1, -0.05) is 37.6 Å². The molecule has 0 aliphatic carbocycles. The highest BCUT2D eigenvalue weighted by atomic mass is 35.5. The van der Waals surface area contributed by atoms with Gasteiger partial charge in [0.1, 0.15) is 0 Å². The van der Waals surface area contributed by atoms with Crippen molar-refractivity contribution < 1.29 is 18.0 Å². The molecule has 174 valence electrons. The third kappa shape index (κ3) is 5.70. The Labute approximate surface area is 191 Å². The number of carbonyl (C=O) groups excluding carboxylic acids is 1. The molecular formula is C22H20ClF3N4O3. The zero-order valence-electron chi connectivity index (χ0n) is 17.7. The van der Waals surface area contributed by atoms with Crippen LogP contribution < -0.4 is 16.6 Å². The number of nitrogens with zero attached hydrogens (tertiary/aromatic N) is 3. The minimum Gasteiger partial charge on any atom is -0.350 e. The second-order valence-corrected chi connectivity index (χ2v) is 8.15. The van der Waals surface area contributed by atoms with Crippen LogP contribution in [0.3, 0.4) is 0 Å². The van der Waals surface area contributed by atoms with Crippen LogP contribution in [0.25, 0.3) is 5.69 Å². The number of nitrogens with one attached hydrogen (secondary N) is 1. The lowest BCUT2D eigenvalue weighted by Crippen LogP contribution is -2.46. The van der Waals surface area contributed by atoms with Gasteiger partial charge in [-0.25, -0.2) is 4.79 Å². The van der Waals surface area contributed by atoms with Gasteiger partial charge in [-0.2, -0.15) is 23.0 Å². The zero-order chi connectivity index (χ0) is 24.3. The van der Waals surface area contributed by atoms with E-state index in [2.05, 4.69) is 10.4 Å². The normalized spacial score (nSPS) is 11.6. The zero-order valence-corrected chi connectivity index (χ0v) is 18.4. The molecule has 0 saturated heterocycles. The molecule has 0 aliphatic heterocycles. The average molecular weight is 481 g/mol. The number of halogens is 4. The van der Waals surface area contributed by atoms with E-state index in [4.69, 9.17) is 11.6 Å². The summed E-state index contributed by atoms with van der Waals surface area (Å²) in [7, 11) is 0. The topological polar surface area (TPSA) is 86.0 Å². The minimum absolute atomic E-state index is 0.0363. The Bertz CT molecular complexity index is 1280. The van der Waals surface area contributed by atoms with E-state index in [9.17, 15) is 27.6 Å². The highest BCUT2D eigenvalue weighted by molar-refractivity contribution is 6.30. The summed E-state index contributed by atoms with van der Waals surface area (Å²) < 4.78 is 40.3. The largest absolute Gasteiger partial charge is 0.416 e. The number of benzene rings is 2. The van der Waals surface area contributed by atoms with E-state index in [0.29, 0.717) is 10.6 Å². The summed E-state index contributed by atoms with van der Waals surface area (Å²) in [6, 6.07) is 10.1. The molecule has 3 rings (SSSR count). The molecule has 2 aromatic carbocycles. The van der Waals surface area contributed by atoms with Crippen LogP contribution in [0.4, 0.5) is 13.2 Å². The molecule has 1 heterocycles. The van der Waals surface area contributed by atoms with Crippen molar-refractivity contribution in [1.29, 1.82) is 0 Å². The number of amides is 1. The molecule has 1 N–H and O–H groups in total. The SMILES string of the molecule is CC(C)CNC(=O)c1nn(-c2ccc(C(F)(F)F)cc2)c(=O)n(Cc2cccc(Cl)c2)c1=O. The van der Waals surface area contributed by atoms with Gasteiger partial charge in [0.15, 0.2) is 0 Å². The summed E-state index contributed by atoms with van der Waals surface area (Å²) in [4.78, 5) is 38.7. The van der Waals surface area contributed by atoms with Crippen molar-refractivity contribution in [2.75, 3.05) is 6.54 Å². The van der Waals surface area contributed by atoms with Crippen LogP contribution in [-0.4, -0.2) is 26.8 Å². The summed E-state index contributed by atoms with van der Waals surface area (Å²) >= 11 is 5.98. The maximum atomic E-state index is 13.1. The molecule has 0 bridgehead atoms. The summed E-state index contributed by atoms with van der Waals surface area (Å²) in [5, 5.41) is 6.83. The first-order chi connectivity index (χ1) is 15.5. The van der Waals surface area contributed by atoms with E-state index in [1.807, 2.05) is 13.8 Å². The van der Waals surface area contributed by atoms with Gasteiger partial charge in [0, 0.05) is 11.6 Å². The van der Waals surface area contributed by atoms with Gasteiger partial charge in [0.2, 0.25) is 5.69 Å². The van der Waals surface area contributed by atoms with Crippen LogP contribution in [0.2, 0.25) is 5.02 Å². The van der Waals surface area contributed by atoms with Gasteiger partial charge in [-0.3, -0.25) is 14.2 Å². The first-order valence-corrected chi connectivity index (χ1v) is 10.3. The molecule has 3 aromatic rings. The van der Waals surface area contributed by atoms with E-state index in [0.717, 1.165) is 33.5 Å². The lowest BCUT2D eigenvalue weighted by Gasteiger charge is -2.14. The van der Waals surface area contributed by atoms with Gasteiger partial charge < -0.3 is 5.32 Å². The van der Waals surface area contributed by atoms with Crippen molar-refractivity contribution in [1.82, 2.24) is 19.7 Å². The molecule has 1 amide bonds. The molecule has 0 radical (unpaired) electrons. The van der Waals surface area contributed by atoms with Crippen LogP contribution in [0.5, 0.6) is 0 Å². The van der Waals surface area contributed by atoms with E-state index in [-0.39, 0.29) is 24.7 Å². The fraction of sp³-hybridized carbons (Fsp3) is 0.273. The number of alkyl halides is 3. The molecule has 0 spiro atoms. The highest BCUT2D eigenvalue weighted by Crippen LogP contribution is 2.29. The minimum atomic E-state index is -4.57. The van der Waals surface area contributed by atoms with Crippen molar-refractivity contribution in [2.24, 2.45) is 5.92 Å². The standard InChI is InChI=1S/C22H20ClF3N4O3/c1-13(2)11-27-19(31)18-20(32)29(12-14-4-3-5-16(23)10-14)21(33)30(28-18)17-8-6-15(7-9-17)22(24,25)26/h3-10,13H,11-12H2,1-2H3,(H,27,31). The van der Waals surface area contributed by atoms with Gasteiger partial charge in [0.05, 0.1) is 17.8 Å². The second kappa shape index (κ2) is 9.62. The van der Waals surface area contributed by atoms with Crippen molar-refractivity contribution in [3.8, 4) is 5.69 Å². The molecule has 0 unspecified atom stereocenters. The number of hydrogen-bond donors (Lipinski definition) is 1. The lowest BCUT2D eigenvalue weighted by molar-refractivity contribution is -0.137. The maximum Gasteiger partial charge on any atom is 0.416 e. The number of hydrogen-bond acceptors (Lipinski definition) is 4. The van der Waals surface area contributed by atoms with E-state index in [1.54, 1.807) is 24.3 Å². The van der Waals surface area contributed by atoms with E-state index in [1.165, 1.54) is 0 Å². The molecule has 33 heavy (non-hydrogen) atoms. The number of aromatic nitrogens is 3. The van der Waals surface area contributed by atoms with Crippen molar-refractivity contribution in [2.45, 2.75) is 26.6 Å². The Balaban J connectivity index is 2.16. The van der Waals surface area contributed by atoms with Crippen LogP contribution in [0.15, 0.2) is 58.1 Å². The van der Waals surface area contributed by atoms with Crippen molar-refractivity contribution in [3.63, 3.8) is 0 Å². The van der Waals surface area contributed by atoms with Crippen molar-refractivity contribution in [3.05, 3.63) is 91.2 Å². The quantitative estimate of drug-likeness (QED) is 0.585. The fourth-order valence-corrected chi connectivity index (χ4v) is 3.17. The third-order valence-electron chi connectivity index (χ3n) is 4.61. The first-order valence-electron chi connectivity index (χ1n) is 9.92. The van der Waals surface area contributed by atoms with Gasteiger partial charge in [-0.15, -0.1) is 0 Å². The second-order valence-electron chi connectivity index (χ2n) is 7.71. The van der Waals surface area contributed by atoms with Gasteiger partial charge in [0.25, 0.3) is 11.5 Å². The summed E-state index contributed by atoms with van der Waals surface area (Å²) in [6.07, 6.45) is -4.57. The summed E-state index contributed by atoms with van der Waals surface area (Å²) in [5.41, 5.74) is -2.84. The monoisotopic (exact) mass is 480 g/mol. The maximum absolute atomic E-state index is 13.1. The third-order valence-corrected chi connectivity index (χ3v) is 4.85. The molecule has 11 heteroatoms. The van der Waals surface area contributed by atoms with Crippen LogP contribution in [0, 0.1) is 5.92 Å². The molecule has 7 nitrogen and oxygen atoms in total. The predicted octanol–water partition coefficient (Wildman–Crippen LogP) is 3.50. The van der Waals surface area contributed by atoms with Crippen molar-refractivity contribution >= 4 is 17.5 Å². The average Bonchev–Trinajstić information content (AvgIpc) is 2.74. The molecule has 0 aliphatic rings. The Morgan fingerprint density at radius 2 is 1.79 bits per heavy atom. The molecule has 0 atom stereocenters. The van der Waals surface area contributed by atoms with Crippen LogP contribution in [0.1, 0.15) is 35.5 Å². The number of carbonyl (C=O) groups is 1. The van der Waals surface area contributed by atoms with Gasteiger partial charge in [-0.05, 0) is 47.9 Å². The lowest BCUT2D eigenvalue weighted by atomic mass is 10.2. The Kier molecular flexibility index (Phi) is 7.06. The van der Waals surface area contributed by atoms with Gasteiger partial charge >= 0.3 is 11.9 Å². The Hall–Kier alpha value is -3.40. The van der Waals surface area contributed by atoms with Crippen LogP contribution in [-0.2, 0) is 12.7 Å².